The Bertz CT molecular complexity index is 883. The highest BCUT2D eigenvalue weighted by atomic mass is 16.6. The number of methoxy groups -OCH3 is 1. The van der Waals surface area contributed by atoms with Gasteiger partial charge in [-0.25, -0.2) is 0 Å². The van der Waals surface area contributed by atoms with Crippen molar-refractivity contribution < 1.29 is 28.6 Å². The van der Waals surface area contributed by atoms with Gasteiger partial charge >= 0.3 is 0 Å². The second-order valence-corrected chi connectivity index (χ2v) is 6.17. The van der Waals surface area contributed by atoms with Crippen molar-refractivity contribution >= 4 is 17.8 Å². The molecule has 0 fully saturated rings. The van der Waals surface area contributed by atoms with E-state index in [1.807, 2.05) is 13.0 Å². The zero-order valence-electron chi connectivity index (χ0n) is 16.6. The molecule has 0 unspecified atom stereocenters. The molecule has 154 valence electrons. The van der Waals surface area contributed by atoms with Gasteiger partial charge in [0.2, 0.25) is 6.10 Å². The van der Waals surface area contributed by atoms with Gasteiger partial charge in [-0.2, -0.15) is 0 Å². The number of carbonyl (C=O) groups is 1. The molecule has 8 nitrogen and oxygen atoms in total. The third-order valence-electron chi connectivity index (χ3n) is 4.09. The van der Waals surface area contributed by atoms with Crippen LogP contribution in [0.15, 0.2) is 41.6 Å². The van der Waals surface area contributed by atoms with Gasteiger partial charge in [0.05, 0.1) is 19.9 Å². The Labute approximate surface area is 169 Å². The number of rotatable bonds is 8. The molecule has 1 N–H and O–H groups in total. The van der Waals surface area contributed by atoms with Crippen molar-refractivity contribution in [1.82, 2.24) is 0 Å². The number of oxime groups is 1. The van der Waals surface area contributed by atoms with E-state index in [1.54, 1.807) is 44.4 Å². The van der Waals surface area contributed by atoms with E-state index in [9.17, 15) is 4.79 Å². The van der Waals surface area contributed by atoms with Crippen LogP contribution < -0.4 is 24.3 Å². The number of hydrogen-bond acceptors (Lipinski definition) is 7. The Kier molecular flexibility index (Phi) is 6.78. The molecule has 1 atom stereocenters. The first-order valence-electron chi connectivity index (χ1n) is 9.31. The number of benzene rings is 2. The van der Waals surface area contributed by atoms with Crippen LogP contribution in [0.1, 0.15) is 19.4 Å². The number of carbonyl (C=O) groups excluding carboxylic acids is 1. The largest absolute Gasteiger partial charge is 0.493 e. The van der Waals surface area contributed by atoms with Crippen LogP contribution in [0.3, 0.4) is 0 Å². The van der Waals surface area contributed by atoms with Gasteiger partial charge in [0.15, 0.2) is 23.0 Å². The molecule has 0 aliphatic carbocycles. The molecule has 29 heavy (non-hydrogen) atoms. The maximum Gasteiger partial charge on any atom is 0.267 e. The molecule has 3 rings (SSSR count). The fourth-order valence-electron chi connectivity index (χ4n) is 2.63. The van der Waals surface area contributed by atoms with Crippen LogP contribution in [-0.2, 0) is 9.63 Å². The Hall–Kier alpha value is -3.42. The highest BCUT2D eigenvalue weighted by Crippen LogP contribution is 2.32. The van der Waals surface area contributed by atoms with Crippen LogP contribution in [0.4, 0.5) is 5.69 Å². The minimum atomic E-state index is -0.788. The predicted octanol–water partition coefficient (Wildman–Crippen LogP) is 3.24. The maximum atomic E-state index is 12.3. The molecule has 1 aliphatic heterocycles. The predicted molar refractivity (Wildman–Crippen MR) is 108 cm³/mol. The van der Waals surface area contributed by atoms with Gasteiger partial charge in [0, 0.05) is 17.3 Å². The Balaban J connectivity index is 1.56. The lowest BCUT2D eigenvalue weighted by molar-refractivity contribution is -0.126. The number of nitrogens with zero attached hydrogens (tertiary/aromatic N) is 1. The van der Waals surface area contributed by atoms with E-state index in [1.165, 1.54) is 6.21 Å². The van der Waals surface area contributed by atoms with Crippen molar-refractivity contribution in [1.29, 1.82) is 0 Å². The van der Waals surface area contributed by atoms with Crippen LogP contribution in [0.25, 0.3) is 0 Å². The Morgan fingerprint density at radius 2 is 1.97 bits per heavy atom. The minimum Gasteiger partial charge on any atom is -0.493 e. The first-order chi connectivity index (χ1) is 14.1. The Morgan fingerprint density at radius 1 is 1.17 bits per heavy atom. The summed E-state index contributed by atoms with van der Waals surface area (Å²) in [5.74, 6) is 2.18. The summed E-state index contributed by atoms with van der Waals surface area (Å²) in [6.45, 7) is 5.06. The van der Waals surface area contributed by atoms with E-state index in [4.69, 9.17) is 23.8 Å². The maximum absolute atomic E-state index is 12.3. The van der Waals surface area contributed by atoms with Gasteiger partial charge in [-0.3, -0.25) is 4.79 Å². The molecule has 0 spiro atoms. The lowest BCUT2D eigenvalue weighted by Gasteiger charge is -2.19. The summed E-state index contributed by atoms with van der Waals surface area (Å²) in [5, 5.41) is 6.67. The molecule has 1 aliphatic rings. The van der Waals surface area contributed by atoms with E-state index in [0.29, 0.717) is 48.5 Å². The van der Waals surface area contributed by atoms with Gasteiger partial charge in [0.1, 0.15) is 13.2 Å². The molecule has 0 bridgehead atoms. The van der Waals surface area contributed by atoms with Crippen molar-refractivity contribution in [2.75, 3.05) is 32.2 Å². The molecule has 2 aromatic rings. The van der Waals surface area contributed by atoms with E-state index in [-0.39, 0.29) is 5.91 Å². The summed E-state index contributed by atoms with van der Waals surface area (Å²) in [6.07, 6.45) is 0.718. The number of ether oxygens (including phenoxy) is 4. The van der Waals surface area contributed by atoms with Crippen LogP contribution >= 0.6 is 0 Å². The van der Waals surface area contributed by atoms with Gasteiger partial charge in [-0.15, -0.1) is 0 Å². The molecular weight excluding hydrogens is 376 g/mol. The molecule has 8 heteroatoms. The molecule has 1 amide bonds. The van der Waals surface area contributed by atoms with Gasteiger partial charge in [-0.05, 0) is 44.2 Å². The fraction of sp³-hybridized carbons (Fsp3) is 0.333. The average Bonchev–Trinajstić information content (AvgIpc) is 2.74. The highest BCUT2D eigenvalue weighted by molar-refractivity contribution is 5.94. The first-order valence-corrected chi connectivity index (χ1v) is 9.31. The lowest BCUT2D eigenvalue weighted by Crippen LogP contribution is -2.26. The number of anilines is 1. The number of amides is 1. The van der Waals surface area contributed by atoms with Crippen molar-refractivity contribution in [3.63, 3.8) is 0 Å². The zero-order valence-corrected chi connectivity index (χ0v) is 16.6. The number of hydrogen-bond donors (Lipinski definition) is 1. The van der Waals surface area contributed by atoms with Crippen LogP contribution in [-0.4, -0.2) is 45.2 Å². The van der Waals surface area contributed by atoms with Gasteiger partial charge in [0.25, 0.3) is 5.91 Å². The van der Waals surface area contributed by atoms with E-state index < -0.39 is 6.10 Å². The highest BCUT2D eigenvalue weighted by Gasteiger charge is 2.17. The first kappa shape index (κ1) is 20.3. The monoisotopic (exact) mass is 400 g/mol. The quantitative estimate of drug-likeness (QED) is 0.541. The third-order valence-corrected chi connectivity index (χ3v) is 4.09. The van der Waals surface area contributed by atoms with E-state index >= 15 is 0 Å². The normalized spacial score (nSPS) is 13.6. The molecule has 0 radical (unpaired) electrons. The second kappa shape index (κ2) is 9.68. The minimum absolute atomic E-state index is 0.330. The summed E-state index contributed by atoms with van der Waals surface area (Å²) >= 11 is 0. The summed E-state index contributed by atoms with van der Waals surface area (Å²) in [6, 6.07) is 10.6. The molecule has 1 heterocycles. The van der Waals surface area contributed by atoms with Gasteiger partial charge in [-0.1, -0.05) is 5.16 Å². The molecule has 2 aromatic carbocycles. The average molecular weight is 400 g/mol. The molecule has 0 saturated carbocycles. The van der Waals surface area contributed by atoms with Gasteiger partial charge < -0.3 is 29.1 Å². The fourth-order valence-corrected chi connectivity index (χ4v) is 2.63. The van der Waals surface area contributed by atoms with Crippen molar-refractivity contribution in [2.24, 2.45) is 5.16 Å². The molecule has 0 aromatic heterocycles. The number of fused-ring (bicyclic) bond motifs is 1. The standard InChI is InChI=1S/C21H24N2O6/c1-4-26-17-7-5-15(11-19(17)25-3)13-22-29-14(2)21(24)23-16-6-8-18-20(12-16)28-10-9-27-18/h5-8,11-14H,4,9-10H2,1-3H3,(H,23,24)/b22-13-/t14-/m1/s1. The summed E-state index contributed by atoms with van der Waals surface area (Å²) < 4.78 is 21.8. The second-order valence-electron chi connectivity index (χ2n) is 6.17. The topological polar surface area (TPSA) is 87.6 Å². The van der Waals surface area contributed by atoms with E-state index in [2.05, 4.69) is 10.5 Å². The number of nitrogens with one attached hydrogen (secondary N) is 1. The Morgan fingerprint density at radius 3 is 2.72 bits per heavy atom. The van der Waals surface area contributed by atoms with Crippen molar-refractivity contribution in [2.45, 2.75) is 20.0 Å². The van der Waals surface area contributed by atoms with Crippen molar-refractivity contribution in [3.05, 3.63) is 42.0 Å². The smallest absolute Gasteiger partial charge is 0.267 e. The van der Waals surface area contributed by atoms with Crippen LogP contribution in [0.2, 0.25) is 0 Å². The summed E-state index contributed by atoms with van der Waals surface area (Å²) in [5.41, 5.74) is 1.35. The van der Waals surface area contributed by atoms with E-state index in [0.717, 1.165) is 5.56 Å². The SMILES string of the molecule is CCOc1ccc(/C=N\O[C@H](C)C(=O)Nc2ccc3c(c2)OCCO3)cc1OC. The van der Waals surface area contributed by atoms with Crippen LogP contribution in [0, 0.1) is 0 Å². The molecule has 0 saturated heterocycles. The van der Waals surface area contributed by atoms with Crippen LogP contribution in [0.5, 0.6) is 23.0 Å². The summed E-state index contributed by atoms with van der Waals surface area (Å²) in [7, 11) is 1.57. The van der Waals surface area contributed by atoms with Crippen molar-refractivity contribution in [3.8, 4) is 23.0 Å². The summed E-state index contributed by atoms with van der Waals surface area (Å²) in [4.78, 5) is 17.6. The zero-order chi connectivity index (χ0) is 20.6. The third kappa shape index (κ3) is 5.31. The molecular formula is C21H24N2O6. The lowest BCUT2D eigenvalue weighted by atomic mass is 10.2.